The highest BCUT2D eigenvalue weighted by molar-refractivity contribution is 5.92. The maximum absolute atomic E-state index is 12.2. The van der Waals surface area contributed by atoms with Gasteiger partial charge >= 0.3 is 0 Å². The molecule has 0 atom stereocenters. The molecular weight excluding hydrogens is 394 g/mol. The first kappa shape index (κ1) is 21.3. The molecule has 3 aromatic rings. The lowest BCUT2D eigenvalue weighted by atomic mass is 10.0. The lowest BCUT2D eigenvalue weighted by Crippen LogP contribution is -2.20. The third-order valence-corrected chi connectivity index (χ3v) is 4.47. The van der Waals surface area contributed by atoms with E-state index in [-0.39, 0.29) is 18.2 Å². The van der Waals surface area contributed by atoms with Crippen molar-refractivity contribution in [3.05, 3.63) is 99.6 Å². The number of amides is 1. The number of hydrogen-bond donors (Lipinski definition) is 1. The van der Waals surface area contributed by atoms with Crippen LogP contribution in [0.25, 0.3) is 11.6 Å². The Morgan fingerprint density at radius 3 is 2.55 bits per heavy atom. The van der Waals surface area contributed by atoms with E-state index in [0.717, 1.165) is 11.3 Å². The molecule has 7 nitrogen and oxygen atoms in total. The Balaban J connectivity index is 1.69. The summed E-state index contributed by atoms with van der Waals surface area (Å²) in [5.41, 5.74) is 3.27. The normalized spacial score (nSPS) is 10.8. The van der Waals surface area contributed by atoms with E-state index in [1.165, 1.54) is 24.3 Å². The number of carbonyl (C=O) groups excluding carboxylic acids is 1. The topological polar surface area (TPSA) is 105 Å². The van der Waals surface area contributed by atoms with Crippen molar-refractivity contribution in [1.82, 2.24) is 0 Å². The van der Waals surface area contributed by atoms with Crippen LogP contribution in [0, 0.1) is 28.4 Å². The number of nitrogens with zero attached hydrogens (tertiary/aromatic N) is 2. The standard InChI is InChI=1S/C24H19N3O4/c1-17-5-2-3-8-23(17)26-24(28)16-31-22-7-4-6-18(14-22)13-20(15-25)19-9-11-21(12-10-19)27(29)30/h2-14H,16H2,1H3,(H,26,28)/b20-13+. The first-order chi connectivity index (χ1) is 15.0. The van der Waals surface area contributed by atoms with E-state index in [1.807, 2.05) is 31.2 Å². The van der Waals surface area contributed by atoms with Crippen molar-refractivity contribution in [1.29, 1.82) is 5.26 Å². The van der Waals surface area contributed by atoms with Crippen LogP contribution in [0.3, 0.4) is 0 Å². The fraction of sp³-hybridized carbons (Fsp3) is 0.0833. The molecule has 3 rings (SSSR count). The number of para-hydroxylation sites is 1. The highest BCUT2D eigenvalue weighted by Crippen LogP contribution is 2.23. The Morgan fingerprint density at radius 1 is 1.13 bits per heavy atom. The minimum atomic E-state index is -0.490. The van der Waals surface area contributed by atoms with Crippen molar-refractivity contribution in [3.8, 4) is 11.8 Å². The van der Waals surface area contributed by atoms with Crippen LogP contribution in [0.15, 0.2) is 72.8 Å². The second-order valence-electron chi connectivity index (χ2n) is 6.70. The van der Waals surface area contributed by atoms with Gasteiger partial charge in [-0.2, -0.15) is 5.26 Å². The van der Waals surface area contributed by atoms with Crippen LogP contribution in [0.2, 0.25) is 0 Å². The van der Waals surface area contributed by atoms with Crippen LogP contribution < -0.4 is 10.1 Å². The van der Waals surface area contributed by atoms with Crippen LogP contribution in [0.5, 0.6) is 5.75 Å². The smallest absolute Gasteiger partial charge is 0.269 e. The maximum Gasteiger partial charge on any atom is 0.269 e. The van der Waals surface area contributed by atoms with Gasteiger partial charge in [-0.05, 0) is 60.0 Å². The number of ether oxygens (including phenoxy) is 1. The van der Waals surface area contributed by atoms with Gasteiger partial charge in [0.25, 0.3) is 11.6 Å². The number of rotatable bonds is 7. The molecule has 0 heterocycles. The Hall–Kier alpha value is -4.44. The van der Waals surface area contributed by atoms with E-state index in [1.54, 1.807) is 30.3 Å². The van der Waals surface area contributed by atoms with Gasteiger partial charge < -0.3 is 10.1 Å². The Bertz CT molecular complexity index is 1180. The Labute approximate surface area is 179 Å². The molecule has 1 amide bonds. The van der Waals surface area contributed by atoms with Gasteiger partial charge in [0.1, 0.15) is 5.75 Å². The van der Waals surface area contributed by atoms with E-state index >= 15 is 0 Å². The maximum atomic E-state index is 12.2. The molecule has 0 radical (unpaired) electrons. The van der Waals surface area contributed by atoms with Crippen LogP contribution >= 0.6 is 0 Å². The summed E-state index contributed by atoms with van der Waals surface area (Å²) in [6.07, 6.45) is 1.65. The van der Waals surface area contributed by atoms with E-state index in [0.29, 0.717) is 22.4 Å². The lowest BCUT2D eigenvalue weighted by Gasteiger charge is -2.10. The molecule has 7 heteroatoms. The monoisotopic (exact) mass is 413 g/mol. The molecule has 0 aliphatic carbocycles. The molecule has 0 saturated heterocycles. The SMILES string of the molecule is Cc1ccccc1NC(=O)COc1cccc(/C=C(\C#N)c2ccc([N+](=O)[O-])cc2)c1. The second kappa shape index (κ2) is 9.85. The molecule has 31 heavy (non-hydrogen) atoms. The average Bonchev–Trinajstić information content (AvgIpc) is 2.78. The number of hydrogen-bond acceptors (Lipinski definition) is 5. The largest absolute Gasteiger partial charge is 0.484 e. The van der Waals surface area contributed by atoms with Gasteiger partial charge in [0, 0.05) is 17.8 Å². The predicted octanol–water partition coefficient (Wildman–Crippen LogP) is 4.98. The number of carbonyl (C=O) groups is 1. The van der Waals surface area contributed by atoms with Crippen molar-refractivity contribution in [2.24, 2.45) is 0 Å². The number of allylic oxidation sites excluding steroid dienone is 1. The summed E-state index contributed by atoms with van der Waals surface area (Å²) in [5, 5.41) is 23.1. The Kier molecular flexibility index (Phi) is 6.76. The quantitative estimate of drug-likeness (QED) is 0.254. The number of non-ortho nitro benzene ring substituents is 1. The van der Waals surface area contributed by atoms with E-state index in [4.69, 9.17) is 4.74 Å². The number of nitrogens with one attached hydrogen (secondary N) is 1. The summed E-state index contributed by atoms with van der Waals surface area (Å²) in [4.78, 5) is 22.5. The number of nitro groups is 1. The van der Waals surface area contributed by atoms with E-state index in [9.17, 15) is 20.2 Å². The summed E-state index contributed by atoms with van der Waals surface area (Å²) in [5.74, 6) is 0.202. The minimum absolute atomic E-state index is 0.0413. The van der Waals surface area contributed by atoms with Crippen LogP contribution in [0.4, 0.5) is 11.4 Å². The first-order valence-corrected chi connectivity index (χ1v) is 9.41. The molecule has 0 fully saturated rings. The number of nitro benzene ring substituents is 1. The fourth-order valence-corrected chi connectivity index (χ4v) is 2.85. The van der Waals surface area contributed by atoms with Gasteiger partial charge in [0.05, 0.1) is 16.6 Å². The highest BCUT2D eigenvalue weighted by Gasteiger charge is 2.08. The molecule has 154 valence electrons. The number of anilines is 1. The highest BCUT2D eigenvalue weighted by atomic mass is 16.6. The van der Waals surface area contributed by atoms with E-state index < -0.39 is 4.92 Å². The zero-order valence-corrected chi connectivity index (χ0v) is 16.7. The van der Waals surface area contributed by atoms with Gasteiger partial charge in [0.15, 0.2) is 6.61 Å². The van der Waals surface area contributed by atoms with Gasteiger partial charge in [0.2, 0.25) is 0 Å². The lowest BCUT2D eigenvalue weighted by molar-refractivity contribution is -0.384. The fourth-order valence-electron chi connectivity index (χ4n) is 2.85. The molecule has 0 bridgehead atoms. The molecule has 0 aromatic heterocycles. The molecule has 1 N–H and O–H groups in total. The van der Waals surface area contributed by atoms with Crippen molar-refractivity contribution in [2.75, 3.05) is 11.9 Å². The summed E-state index contributed by atoms with van der Waals surface area (Å²) in [6.45, 7) is 1.75. The number of aryl methyl sites for hydroxylation is 1. The van der Waals surface area contributed by atoms with Crippen molar-refractivity contribution in [3.63, 3.8) is 0 Å². The van der Waals surface area contributed by atoms with Crippen molar-refractivity contribution >= 4 is 28.9 Å². The van der Waals surface area contributed by atoms with Gasteiger partial charge in [-0.25, -0.2) is 0 Å². The molecule has 0 aliphatic rings. The third-order valence-electron chi connectivity index (χ3n) is 4.47. The van der Waals surface area contributed by atoms with E-state index in [2.05, 4.69) is 11.4 Å². The minimum Gasteiger partial charge on any atom is -0.484 e. The molecule has 0 unspecified atom stereocenters. The van der Waals surface area contributed by atoms with Gasteiger partial charge in [-0.3, -0.25) is 14.9 Å². The first-order valence-electron chi connectivity index (χ1n) is 9.41. The molecule has 0 saturated carbocycles. The third kappa shape index (κ3) is 5.78. The van der Waals surface area contributed by atoms with Crippen LogP contribution in [-0.4, -0.2) is 17.4 Å². The zero-order valence-electron chi connectivity index (χ0n) is 16.7. The summed E-state index contributed by atoms with van der Waals surface area (Å²) >= 11 is 0. The Morgan fingerprint density at radius 2 is 1.87 bits per heavy atom. The zero-order chi connectivity index (χ0) is 22.2. The number of nitriles is 1. The molecular formula is C24H19N3O4. The van der Waals surface area contributed by atoms with Crippen LogP contribution in [-0.2, 0) is 4.79 Å². The van der Waals surface area contributed by atoms with Crippen LogP contribution in [0.1, 0.15) is 16.7 Å². The summed E-state index contributed by atoms with van der Waals surface area (Å²) < 4.78 is 5.58. The average molecular weight is 413 g/mol. The summed E-state index contributed by atoms with van der Waals surface area (Å²) in [6, 6.07) is 22.3. The molecule has 0 aliphatic heterocycles. The summed E-state index contributed by atoms with van der Waals surface area (Å²) in [7, 11) is 0. The van der Waals surface area contributed by atoms with Crippen molar-refractivity contribution in [2.45, 2.75) is 6.92 Å². The molecule has 0 spiro atoms. The number of benzene rings is 3. The van der Waals surface area contributed by atoms with Gasteiger partial charge in [-0.1, -0.05) is 30.3 Å². The van der Waals surface area contributed by atoms with Gasteiger partial charge in [-0.15, -0.1) is 0 Å². The van der Waals surface area contributed by atoms with Crippen molar-refractivity contribution < 1.29 is 14.5 Å². The molecule has 3 aromatic carbocycles. The predicted molar refractivity (Wildman–Crippen MR) is 118 cm³/mol. The second-order valence-corrected chi connectivity index (χ2v) is 6.70.